The van der Waals surface area contributed by atoms with Gasteiger partial charge in [0.15, 0.2) is 6.29 Å². The average molecular weight is 488 g/mol. The Morgan fingerprint density at radius 1 is 1.14 bits per heavy atom. The number of aliphatic hydroxyl groups excluding tert-OH is 2. The number of likely N-dealkylation sites (tertiary alicyclic amines) is 1. The van der Waals surface area contributed by atoms with Crippen LogP contribution in [0.4, 0.5) is 0 Å². The van der Waals surface area contributed by atoms with Crippen molar-refractivity contribution in [1.29, 1.82) is 0 Å². The number of nitrogens with zero attached hydrogens (tertiary/aromatic N) is 1. The topological polar surface area (TPSA) is 88.5 Å². The van der Waals surface area contributed by atoms with Gasteiger partial charge in [0, 0.05) is 18.4 Å². The molecule has 1 amide bonds. The van der Waals surface area contributed by atoms with Gasteiger partial charge in [-0.2, -0.15) is 0 Å². The minimum atomic E-state index is -0.479. The lowest BCUT2D eigenvalue weighted by molar-refractivity contribution is -0.313. The third-order valence-electron chi connectivity index (χ3n) is 9.66. The Bertz CT molecular complexity index is 881. The van der Waals surface area contributed by atoms with E-state index in [9.17, 15) is 15.0 Å². The second kappa shape index (κ2) is 10.0. The van der Waals surface area contributed by atoms with Crippen molar-refractivity contribution in [3.05, 3.63) is 30.3 Å². The number of ether oxygens (including phenoxy) is 3. The Hall–Kier alpha value is -1.67. The molecule has 0 aromatic heterocycles. The fraction of sp³-hybridized carbons (Fsp3) is 0.750. The summed E-state index contributed by atoms with van der Waals surface area (Å²) >= 11 is 0. The van der Waals surface area contributed by atoms with E-state index in [0.29, 0.717) is 38.5 Å². The van der Waals surface area contributed by atoms with E-state index < -0.39 is 12.4 Å². The quantitative estimate of drug-likeness (QED) is 0.640. The fourth-order valence-electron chi connectivity index (χ4n) is 7.71. The van der Waals surface area contributed by atoms with Gasteiger partial charge in [0.2, 0.25) is 5.91 Å². The molecule has 8 atom stereocenters. The second-order valence-electron chi connectivity index (χ2n) is 11.6. The molecule has 0 unspecified atom stereocenters. The summed E-state index contributed by atoms with van der Waals surface area (Å²) in [6.45, 7) is 6.22. The first-order chi connectivity index (χ1) is 16.8. The highest BCUT2D eigenvalue weighted by molar-refractivity contribution is 5.77. The molecular formula is C28H41NO6. The highest BCUT2D eigenvalue weighted by Gasteiger charge is 2.61. The molecule has 1 aromatic rings. The second-order valence-corrected chi connectivity index (χ2v) is 11.6. The van der Waals surface area contributed by atoms with E-state index in [1.54, 1.807) is 0 Å². The summed E-state index contributed by atoms with van der Waals surface area (Å²) in [4.78, 5) is 15.1. The first-order valence-corrected chi connectivity index (χ1v) is 13.4. The van der Waals surface area contributed by atoms with Crippen LogP contribution in [0.3, 0.4) is 0 Å². The highest BCUT2D eigenvalue weighted by Crippen LogP contribution is 2.62. The van der Waals surface area contributed by atoms with Gasteiger partial charge in [0.05, 0.1) is 31.5 Å². The number of hydrogen-bond acceptors (Lipinski definition) is 6. The smallest absolute Gasteiger partial charge is 0.223 e. The van der Waals surface area contributed by atoms with Gasteiger partial charge in [0.1, 0.15) is 12.4 Å². The number of benzene rings is 1. The Kier molecular flexibility index (Phi) is 7.14. The largest absolute Gasteiger partial charge is 0.488 e. The number of aliphatic hydroxyl groups is 2. The number of carbonyl (C=O) groups is 1. The monoisotopic (exact) mass is 487 g/mol. The summed E-state index contributed by atoms with van der Waals surface area (Å²) in [7, 11) is 0. The van der Waals surface area contributed by atoms with Crippen molar-refractivity contribution in [2.24, 2.45) is 22.7 Å². The molecule has 2 N–H and O–H groups in total. The van der Waals surface area contributed by atoms with E-state index >= 15 is 0 Å². The molecule has 7 nitrogen and oxygen atoms in total. The fourth-order valence-corrected chi connectivity index (χ4v) is 7.71. The summed E-state index contributed by atoms with van der Waals surface area (Å²) in [6, 6.07) is 9.64. The molecule has 7 heteroatoms. The maximum atomic E-state index is 13.3. The van der Waals surface area contributed by atoms with Crippen molar-refractivity contribution >= 4 is 5.91 Å². The van der Waals surface area contributed by atoms with Crippen LogP contribution in [0.5, 0.6) is 5.75 Å². The van der Waals surface area contributed by atoms with Gasteiger partial charge in [-0.3, -0.25) is 4.79 Å². The van der Waals surface area contributed by atoms with E-state index in [0.717, 1.165) is 37.9 Å². The number of para-hydroxylation sites is 1. The Morgan fingerprint density at radius 3 is 2.71 bits per heavy atom. The first-order valence-electron chi connectivity index (χ1n) is 13.4. The molecule has 35 heavy (non-hydrogen) atoms. The maximum absolute atomic E-state index is 13.3. The lowest BCUT2D eigenvalue weighted by atomic mass is 9.46. The van der Waals surface area contributed by atoms with Crippen LogP contribution in [0.1, 0.15) is 58.8 Å². The number of hydrogen-bond donors (Lipinski definition) is 2. The highest BCUT2D eigenvalue weighted by atomic mass is 16.7. The van der Waals surface area contributed by atoms with Crippen LogP contribution in [-0.4, -0.2) is 71.9 Å². The molecule has 2 saturated heterocycles. The van der Waals surface area contributed by atoms with Crippen molar-refractivity contribution < 1.29 is 29.2 Å². The van der Waals surface area contributed by atoms with Crippen molar-refractivity contribution in [3.63, 3.8) is 0 Å². The van der Waals surface area contributed by atoms with E-state index in [1.165, 1.54) is 0 Å². The van der Waals surface area contributed by atoms with Crippen LogP contribution in [0.2, 0.25) is 0 Å². The van der Waals surface area contributed by atoms with Gasteiger partial charge >= 0.3 is 0 Å². The van der Waals surface area contributed by atoms with E-state index in [4.69, 9.17) is 14.2 Å². The van der Waals surface area contributed by atoms with Crippen LogP contribution in [-0.2, 0) is 14.3 Å². The van der Waals surface area contributed by atoms with Gasteiger partial charge in [-0.1, -0.05) is 32.0 Å². The summed E-state index contributed by atoms with van der Waals surface area (Å²) in [6.07, 6.45) is 4.76. The van der Waals surface area contributed by atoms with Gasteiger partial charge in [-0.05, 0) is 67.9 Å². The molecule has 1 aromatic carbocycles. The van der Waals surface area contributed by atoms with Crippen LogP contribution in [0, 0.1) is 22.7 Å². The zero-order valence-electron chi connectivity index (χ0n) is 21.1. The molecule has 2 aliphatic heterocycles. The molecule has 2 heterocycles. The van der Waals surface area contributed by atoms with Crippen LogP contribution >= 0.6 is 0 Å². The molecule has 194 valence electrons. The van der Waals surface area contributed by atoms with Crippen LogP contribution < -0.4 is 4.74 Å². The predicted molar refractivity (Wildman–Crippen MR) is 131 cm³/mol. The van der Waals surface area contributed by atoms with Gasteiger partial charge < -0.3 is 29.3 Å². The number of fused-ring (bicyclic) bond motifs is 3. The number of carbonyl (C=O) groups excluding carboxylic acids is 1. The molecule has 4 aliphatic rings. The van der Waals surface area contributed by atoms with Crippen molar-refractivity contribution in [2.45, 2.75) is 83.3 Å². The lowest BCUT2D eigenvalue weighted by Crippen LogP contribution is -2.63. The van der Waals surface area contributed by atoms with Gasteiger partial charge in [-0.15, -0.1) is 0 Å². The summed E-state index contributed by atoms with van der Waals surface area (Å²) in [5.41, 5.74) is -0.327. The number of amides is 1. The first kappa shape index (κ1) is 25.0. The molecule has 2 saturated carbocycles. The Labute approximate surface area is 208 Å². The Morgan fingerprint density at radius 2 is 1.94 bits per heavy atom. The van der Waals surface area contributed by atoms with Crippen LogP contribution in [0.25, 0.3) is 0 Å². The van der Waals surface area contributed by atoms with E-state index in [-0.39, 0.29) is 41.4 Å². The van der Waals surface area contributed by atoms with Crippen LogP contribution in [0.15, 0.2) is 30.3 Å². The number of rotatable bonds is 6. The molecule has 5 rings (SSSR count). The molecule has 0 radical (unpaired) electrons. The van der Waals surface area contributed by atoms with Crippen molar-refractivity contribution in [2.75, 3.05) is 26.4 Å². The third kappa shape index (κ3) is 4.61. The van der Waals surface area contributed by atoms with Crippen molar-refractivity contribution in [1.82, 2.24) is 4.90 Å². The zero-order chi connectivity index (χ0) is 24.6. The summed E-state index contributed by atoms with van der Waals surface area (Å²) in [5, 5.41) is 20.8. The Balaban J connectivity index is 1.27. The third-order valence-corrected chi connectivity index (χ3v) is 9.66. The molecule has 4 fully saturated rings. The standard InChI is InChI=1S/C28H41NO6/c1-27-13-12-24-28(2,18-34-26(35-24)17-33-20-8-4-3-5-9-20)23(27)11-10-22(31)21(27)15-25(32)29-14-6-7-19(29)16-30/h3-5,8-9,19,21-24,26,30-31H,6-7,10-18H2,1-2H3/t19-,21+,22+,23+,24+,26+,27-,28-/m0/s1. The maximum Gasteiger partial charge on any atom is 0.223 e. The average Bonchev–Trinajstić information content (AvgIpc) is 3.34. The van der Waals surface area contributed by atoms with Crippen molar-refractivity contribution in [3.8, 4) is 5.75 Å². The van der Waals surface area contributed by atoms with E-state index in [2.05, 4.69) is 13.8 Å². The van der Waals surface area contributed by atoms with E-state index in [1.807, 2.05) is 35.2 Å². The SMILES string of the molecule is C[C@@]12CO[C@@H](COc3ccccc3)O[C@@H]1CC[C@]1(C)[C@H]2CC[C@@H](O)[C@H]1CC(=O)N1CCC[C@H]1CO. The summed E-state index contributed by atoms with van der Waals surface area (Å²) < 4.78 is 18.5. The molecular weight excluding hydrogens is 446 g/mol. The minimum absolute atomic E-state index is 0.0163. The zero-order valence-corrected chi connectivity index (χ0v) is 21.1. The minimum Gasteiger partial charge on any atom is -0.488 e. The predicted octanol–water partition coefficient (Wildman–Crippen LogP) is 3.37. The molecule has 0 bridgehead atoms. The normalized spacial score (nSPS) is 41.2. The lowest BCUT2D eigenvalue weighted by Gasteiger charge is -2.63. The van der Waals surface area contributed by atoms with Gasteiger partial charge in [0.25, 0.3) is 0 Å². The molecule has 2 aliphatic carbocycles. The summed E-state index contributed by atoms with van der Waals surface area (Å²) in [5.74, 6) is 1.09. The molecule has 0 spiro atoms. The van der Waals surface area contributed by atoms with Gasteiger partial charge in [-0.25, -0.2) is 0 Å².